The van der Waals surface area contributed by atoms with E-state index in [0.717, 1.165) is 25.3 Å². The van der Waals surface area contributed by atoms with Crippen molar-refractivity contribution in [3.63, 3.8) is 0 Å². The van der Waals surface area contributed by atoms with E-state index in [-0.39, 0.29) is 23.9 Å². The van der Waals surface area contributed by atoms with Crippen LogP contribution in [0.3, 0.4) is 0 Å². The second kappa shape index (κ2) is 8.26. The molecule has 1 aromatic rings. The molecule has 0 fully saturated rings. The number of aliphatic hydroxyl groups excluding tert-OH is 1. The molecule has 2 aliphatic heterocycles. The van der Waals surface area contributed by atoms with Crippen molar-refractivity contribution in [1.82, 2.24) is 4.90 Å². The Morgan fingerprint density at radius 1 is 1.42 bits per heavy atom. The summed E-state index contributed by atoms with van der Waals surface area (Å²) in [4.78, 5) is 13.4. The number of fused-ring (bicyclic) bond motifs is 1. The van der Waals surface area contributed by atoms with Gasteiger partial charge in [-0.3, -0.25) is 4.90 Å². The summed E-state index contributed by atoms with van der Waals surface area (Å²) in [5.74, 6) is 1.75. The molecule has 24 heavy (non-hydrogen) atoms. The standard InChI is InChI=1S/C17H21NO5.ClH/c1-21-17(20)23-16-10-18(7-6-14(16)19)9-12-8-13-4-2-3-5-15(13)22-11-12;/h2-5,12,19H,6-11H2,1H3;1H. The zero-order chi connectivity index (χ0) is 16.2. The van der Waals surface area contributed by atoms with Crippen molar-refractivity contribution in [3.8, 4) is 5.75 Å². The number of nitrogens with zero attached hydrogens (tertiary/aromatic N) is 1. The fourth-order valence-electron chi connectivity index (χ4n) is 3.04. The summed E-state index contributed by atoms with van der Waals surface area (Å²) in [6, 6.07) is 8.09. The van der Waals surface area contributed by atoms with Gasteiger partial charge in [-0.25, -0.2) is 4.79 Å². The molecule has 0 spiro atoms. The topological polar surface area (TPSA) is 68.2 Å². The number of rotatable bonds is 3. The molecule has 1 unspecified atom stereocenters. The van der Waals surface area contributed by atoms with Gasteiger partial charge in [-0.2, -0.15) is 0 Å². The average molecular weight is 356 g/mol. The van der Waals surface area contributed by atoms with Crippen molar-refractivity contribution in [1.29, 1.82) is 0 Å². The lowest BCUT2D eigenvalue weighted by atomic mass is 9.96. The van der Waals surface area contributed by atoms with Crippen LogP contribution in [-0.4, -0.2) is 49.5 Å². The smallest absolute Gasteiger partial charge is 0.509 e. The fourth-order valence-corrected chi connectivity index (χ4v) is 3.04. The van der Waals surface area contributed by atoms with Gasteiger partial charge in [-0.05, 0) is 18.1 Å². The van der Waals surface area contributed by atoms with E-state index < -0.39 is 6.16 Å². The molecule has 1 atom stereocenters. The SMILES string of the molecule is COC(=O)OC1=C(O)CCN(CC2COc3ccccc3C2)C1.Cl. The van der Waals surface area contributed by atoms with Crippen LogP contribution in [0.1, 0.15) is 12.0 Å². The maximum atomic E-state index is 11.2. The number of para-hydroxylation sites is 1. The molecule has 0 saturated heterocycles. The zero-order valence-electron chi connectivity index (χ0n) is 13.6. The number of benzene rings is 1. The number of carbonyl (C=O) groups is 1. The summed E-state index contributed by atoms with van der Waals surface area (Å²) in [5, 5.41) is 9.86. The van der Waals surface area contributed by atoms with Crippen LogP contribution in [0.25, 0.3) is 0 Å². The monoisotopic (exact) mass is 355 g/mol. The van der Waals surface area contributed by atoms with E-state index in [9.17, 15) is 9.90 Å². The van der Waals surface area contributed by atoms with E-state index >= 15 is 0 Å². The van der Waals surface area contributed by atoms with Crippen LogP contribution in [0.2, 0.25) is 0 Å². The lowest BCUT2D eigenvalue weighted by Gasteiger charge is -2.33. The Bertz CT molecular complexity index is 619. The highest BCUT2D eigenvalue weighted by Crippen LogP contribution is 2.28. The van der Waals surface area contributed by atoms with Gasteiger partial charge in [0.25, 0.3) is 0 Å². The number of aliphatic hydroxyl groups is 1. The number of carbonyl (C=O) groups excluding carboxylic acids is 1. The minimum atomic E-state index is -0.802. The third-order valence-corrected chi connectivity index (χ3v) is 4.20. The van der Waals surface area contributed by atoms with E-state index in [2.05, 4.69) is 15.7 Å². The molecule has 1 aromatic carbocycles. The fraction of sp³-hybridized carbons (Fsp3) is 0.471. The van der Waals surface area contributed by atoms with Crippen LogP contribution in [0.4, 0.5) is 4.79 Å². The Labute approximate surface area is 147 Å². The van der Waals surface area contributed by atoms with E-state index in [4.69, 9.17) is 9.47 Å². The highest BCUT2D eigenvalue weighted by atomic mass is 35.5. The normalized spacial score (nSPS) is 20.5. The molecular weight excluding hydrogens is 334 g/mol. The van der Waals surface area contributed by atoms with Crippen LogP contribution in [0.15, 0.2) is 35.8 Å². The summed E-state index contributed by atoms with van der Waals surface area (Å²) in [5.41, 5.74) is 1.23. The highest BCUT2D eigenvalue weighted by Gasteiger charge is 2.27. The van der Waals surface area contributed by atoms with E-state index in [0.29, 0.717) is 25.5 Å². The summed E-state index contributed by atoms with van der Waals surface area (Å²) in [7, 11) is 1.25. The van der Waals surface area contributed by atoms with Crippen molar-refractivity contribution in [3.05, 3.63) is 41.3 Å². The van der Waals surface area contributed by atoms with Crippen molar-refractivity contribution < 1.29 is 24.1 Å². The van der Waals surface area contributed by atoms with Crippen molar-refractivity contribution >= 4 is 18.6 Å². The Balaban J connectivity index is 0.00000208. The molecule has 0 bridgehead atoms. The van der Waals surface area contributed by atoms with Gasteiger partial charge in [0.2, 0.25) is 0 Å². The second-order valence-corrected chi connectivity index (χ2v) is 5.90. The van der Waals surface area contributed by atoms with Gasteiger partial charge in [0.1, 0.15) is 11.5 Å². The van der Waals surface area contributed by atoms with Gasteiger partial charge in [-0.1, -0.05) is 18.2 Å². The molecule has 7 heteroatoms. The van der Waals surface area contributed by atoms with E-state index in [1.54, 1.807) is 0 Å². The molecule has 132 valence electrons. The number of ether oxygens (including phenoxy) is 3. The number of hydrogen-bond donors (Lipinski definition) is 1. The second-order valence-electron chi connectivity index (χ2n) is 5.90. The first-order valence-electron chi connectivity index (χ1n) is 7.75. The highest BCUT2D eigenvalue weighted by molar-refractivity contribution is 5.85. The number of hydrogen-bond acceptors (Lipinski definition) is 6. The first kappa shape index (κ1) is 18.4. The predicted octanol–water partition coefficient (Wildman–Crippen LogP) is 2.92. The maximum absolute atomic E-state index is 11.2. The quantitative estimate of drug-likeness (QED) is 0.841. The molecule has 0 amide bonds. The summed E-state index contributed by atoms with van der Waals surface area (Å²) in [6.45, 7) is 2.64. The molecule has 0 aliphatic carbocycles. The molecule has 6 nitrogen and oxygen atoms in total. The van der Waals surface area contributed by atoms with Gasteiger partial charge >= 0.3 is 6.16 Å². The van der Waals surface area contributed by atoms with Crippen LogP contribution >= 0.6 is 12.4 Å². The number of methoxy groups -OCH3 is 1. The van der Waals surface area contributed by atoms with Gasteiger partial charge in [0.05, 0.1) is 20.3 Å². The Hall–Kier alpha value is -1.92. The first-order chi connectivity index (χ1) is 11.2. The summed E-state index contributed by atoms with van der Waals surface area (Å²) < 4.78 is 15.3. The molecule has 0 aromatic heterocycles. The zero-order valence-corrected chi connectivity index (χ0v) is 14.4. The van der Waals surface area contributed by atoms with Crippen molar-refractivity contribution in [2.75, 3.05) is 33.4 Å². The average Bonchev–Trinajstić information content (AvgIpc) is 2.57. The molecule has 0 saturated carbocycles. The van der Waals surface area contributed by atoms with Crippen molar-refractivity contribution in [2.24, 2.45) is 5.92 Å². The van der Waals surface area contributed by atoms with Crippen LogP contribution in [0.5, 0.6) is 5.75 Å². The third-order valence-electron chi connectivity index (χ3n) is 4.20. The van der Waals surface area contributed by atoms with Crippen LogP contribution in [0, 0.1) is 5.92 Å². The van der Waals surface area contributed by atoms with Crippen molar-refractivity contribution in [2.45, 2.75) is 12.8 Å². The maximum Gasteiger partial charge on any atom is 0.513 e. The molecule has 2 aliphatic rings. The van der Waals surface area contributed by atoms with Gasteiger partial charge in [0.15, 0.2) is 5.76 Å². The molecule has 1 N–H and O–H groups in total. The molecule has 3 rings (SSSR count). The molecule has 2 heterocycles. The van der Waals surface area contributed by atoms with E-state index in [1.165, 1.54) is 12.7 Å². The van der Waals surface area contributed by atoms with Crippen LogP contribution in [-0.2, 0) is 15.9 Å². The minimum Gasteiger partial charge on any atom is -0.509 e. The van der Waals surface area contributed by atoms with Gasteiger partial charge in [-0.15, -0.1) is 12.4 Å². The van der Waals surface area contributed by atoms with E-state index in [1.807, 2.05) is 18.2 Å². The first-order valence-corrected chi connectivity index (χ1v) is 7.75. The Morgan fingerprint density at radius 3 is 3.00 bits per heavy atom. The predicted molar refractivity (Wildman–Crippen MR) is 90.6 cm³/mol. The molecule has 0 radical (unpaired) electrons. The molecular formula is C17H22ClNO5. The van der Waals surface area contributed by atoms with Crippen LogP contribution < -0.4 is 4.74 Å². The summed E-state index contributed by atoms with van der Waals surface area (Å²) >= 11 is 0. The Kier molecular flexibility index (Phi) is 6.34. The summed E-state index contributed by atoms with van der Waals surface area (Å²) in [6.07, 6.45) is 0.634. The van der Waals surface area contributed by atoms with Gasteiger partial charge < -0.3 is 19.3 Å². The number of halogens is 1. The minimum absolute atomic E-state index is 0. The van der Waals surface area contributed by atoms with Gasteiger partial charge in [0, 0.05) is 25.4 Å². The largest absolute Gasteiger partial charge is 0.513 e. The lowest BCUT2D eigenvalue weighted by molar-refractivity contribution is 0.0740. The third kappa shape index (κ3) is 4.33. The lowest BCUT2D eigenvalue weighted by Crippen LogP contribution is -2.39. The Morgan fingerprint density at radius 2 is 2.21 bits per heavy atom.